The lowest BCUT2D eigenvalue weighted by Gasteiger charge is -2.30. The van der Waals surface area contributed by atoms with Crippen molar-refractivity contribution in [2.24, 2.45) is 0 Å². The molecular weight excluding hydrogens is 247 g/mol. The van der Waals surface area contributed by atoms with E-state index in [2.05, 4.69) is 10.2 Å². The van der Waals surface area contributed by atoms with Gasteiger partial charge in [0.1, 0.15) is 5.82 Å². The SMILES string of the molecule is COC(=O)C(CN1CCNCC1)c1ccc(F)cc1. The van der Waals surface area contributed by atoms with Crippen LogP contribution in [-0.4, -0.2) is 50.7 Å². The number of piperazine rings is 1. The lowest BCUT2D eigenvalue weighted by molar-refractivity contribution is -0.143. The van der Waals surface area contributed by atoms with E-state index in [1.807, 2.05) is 0 Å². The van der Waals surface area contributed by atoms with Crippen LogP contribution in [0.25, 0.3) is 0 Å². The van der Waals surface area contributed by atoms with Gasteiger partial charge in [0, 0.05) is 32.7 Å². The fourth-order valence-electron chi connectivity index (χ4n) is 2.31. The average molecular weight is 266 g/mol. The van der Waals surface area contributed by atoms with Gasteiger partial charge in [0.2, 0.25) is 0 Å². The molecule has 0 bridgehead atoms. The van der Waals surface area contributed by atoms with E-state index in [9.17, 15) is 9.18 Å². The van der Waals surface area contributed by atoms with Crippen molar-refractivity contribution in [1.82, 2.24) is 10.2 Å². The maximum absolute atomic E-state index is 13.0. The molecule has 4 nitrogen and oxygen atoms in total. The number of nitrogens with one attached hydrogen (secondary N) is 1. The smallest absolute Gasteiger partial charge is 0.314 e. The molecule has 1 heterocycles. The van der Waals surface area contributed by atoms with Gasteiger partial charge < -0.3 is 10.1 Å². The lowest BCUT2D eigenvalue weighted by atomic mass is 9.98. The first-order chi connectivity index (χ1) is 9.20. The minimum absolute atomic E-state index is 0.273. The van der Waals surface area contributed by atoms with Crippen LogP contribution in [0.1, 0.15) is 11.5 Å². The second-order valence-electron chi connectivity index (χ2n) is 4.68. The molecule has 1 aromatic carbocycles. The van der Waals surface area contributed by atoms with Crippen molar-refractivity contribution < 1.29 is 13.9 Å². The standard InChI is InChI=1S/C14H19FN2O2/c1-19-14(18)13(10-17-8-6-16-7-9-17)11-2-4-12(15)5-3-11/h2-5,13,16H,6-10H2,1H3. The normalized spacial score (nSPS) is 18.0. The third-order valence-electron chi connectivity index (χ3n) is 3.41. The first-order valence-corrected chi connectivity index (χ1v) is 6.47. The summed E-state index contributed by atoms with van der Waals surface area (Å²) in [5.41, 5.74) is 0.798. The van der Waals surface area contributed by atoms with Gasteiger partial charge in [-0.3, -0.25) is 9.69 Å². The van der Waals surface area contributed by atoms with E-state index in [1.165, 1.54) is 19.2 Å². The van der Waals surface area contributed by atoms with Crippen molar-refractivity contribution in [3.05, 3.63) is 35.6 Å². The zero-order valence-electron chi connectivity index (χ0n) is 11.1. The summed E-state index contributed by atoms with van der Waals surface area (Å²) >= 11 is 0. The van der Waals surface area contributed by atoms with E-state index in [-0.39, 0.29) is 17.7 Å². The molecule has 1 unspecified atom stereocenters. The Morgan fingerprint density at radius 3 is 2.58 bits per heavy atom. The predicted molar refractivity (Wildman–Crippen MR) is 70.5 cm³/mol. The second-order valence-corrected chi connectivity index (χ2v) is 4.68. The highest BCUT2D eigenvalue weighted by Gasteiger charge is 2.25. The number of carbonyl (C=O) groups is 1. The van der Waals surface area contributed by atoms with E-state index >= 15 is 0 Å². The van der Waals surface area contributed by atoms with Crippen LogP contribution in [0.2, 0.25) is 0 Å². The van der Waals surface area contributed by atoms with Gasteiger partial charge >= 0.3 is 5.97 Å². The predicted octanol–water partition coefficient (Wildman–Crippen LogP) is 0.987. The van der Waals surface area contributed by atoms with Crippen LogP contribution in [0.15, 0.2) is 24.3 Å². The van der Waals surface area contributed by atoms with Gasteiger partial charge in [-0.2, -0.15) is 0 Å². The maximum atomic E-state index is 13.0. The topological polar surface area (TPSA) is 41.6 Å². The molecule has 1 aromatic rings. The van der Waals surface area contributed by atoms with Crippen molar-refractivity contribution in [2.45, 2.75) is 5.92 Å². The number of hydrogen-bond acceptors (Lipinski definition) is 4. The number of ether oxygens (including phenoxy) is 1. The van der Waals surface area contributed by atoms with Gasteiger partial charge in [0.15, 0.2) is 0 Å². The number of esters is 1. The minimum atomic E-state index is -0.358. The molecule has 5 heteroatoms. The molecule has 0 spiro atoms. The van der Waals surface area contributed by atoms with Gasteiger partial charge in [-0.15, -0.1) is 0 Å². The fraction of sp³-hybridized carbons (Fsp3) is 0.500. The van der Waals surface area contributed by atoms with Crippen molar-refractivity contribution in [2.75, 3.05) is 39.8 Å². The zero-order valence-corrected chi connectivity index (χ0v) is 11.1. The fourth-order valence-corrected chi connectivity index (χ4v) is 2.31. The lowest BCUT2D eigenvalue weighted by Crippen LogP contribution is -2.45. The Morgan fingerprint density at radius 2 is 2.00 bits per heavy atom. The average Bonchev–Trinajstić information content (AvgIpc) is 2.46. The van der Waals surface area contributed by atoms with E-state index in [0.717, 1.165) is 31.7 Å². The first kappa shape index (κ1) is 14.0. The Labute approximate surface area is 112 Å². The molecule has 1 fully saturated rings. The highest BCUT2D eigenvalue weighted by atomic mass is 19.1. The largest absolute Gasteiger partial charge is 0.469 e. The number of carbonyl (C=O) groups excluding carboxylic acids is 1. The molecule has 0 aromatic heterocycles. The van der Waals surface area contributed by atoms with Crippen LogP contribution in [-0.2, 0) is 9.53 Å². The summed E-state index contributed by atoms with van der Waals surface area (Å²) in [4.78, 5) is 14.1. The van der Waals surface area contributed by atoms with Crippen molar-refractivity contribution in [3.63, 3.8) is 0 Å². The number of methoxy groups -OCH3 is 1. The summed E-state index contributed by atoms with van der Waals surface area (Å²) in [5, 5.41) is 3.27. The molecule has 1 N–H and O–H groups in total. The van der Waals surface area contributed by atoms with Crippen LogP contribution in [0, 0.1) is 5.82 Å². The zero-order chi connectivity index (χ0) is 13.7. The van der Waals surface area contributed by atoms with Crippen molar-refractivity contribution in [3.8, 4) is 0 Å². The van der Waals surface area contributed by atoms with Crippen LogP contribution in [0.5, 0.6) is 0 Å². The molecule has 0 aliphatic carbocycles. The minimum Gasteiger partial charge on any atom is -0.469 e. The Hall–Kier alpha value is -1.46. The Kier molecular flexibility index (Phi) is 4.87. The molecular formula is C14H19FN2O2. The summed E-state index contributed by atoms with van der Waals surface area (Å²) < 4.78 is 17.8. The molecule has 1 atom stereocenters. The van der Waals surface area contributed by atoms with Crippen LogP contribution >= 0.6 is 0 Å². The van der Waals surface area contributed by atoms with Crippen molar-refractivity contribution >= 4 is 5.97 Å². The first-order valence-electron chi connectivity index (χ1n) is 6.47. The molecule has 104 valence electrons. The van der Waals surface area contributed by atoms with Crippen LogP contribution in [0.3, 0.4) is 0 Å². The number of rotatable bonds is 4. The molecule has 19 heavy (non-hydrogen) atoms. The maximum Gasteiger partial charge on any atom is 0.314 e. The van der Waals surface area contributed by atoms with Gasteiger partial charge in [-0.05, 0) is 17.7 Å². The summed E-state index contributed by atoms with van der Waals surface area (Å²) in [6, 6.07) is 6.06. The molecule has 0 amide bonds. The molecule has 1 saturated heterocycles. The summed E-state index contributed by atoms with van der Waals surface area (Å²) in [6.07, 6.45) is 0. The van der Waals surface area contributed by atoms with Gasteiger partial charge in [-0.25, -0.2) is 4.39 Å². The molecule has 0 radical (unpaired) electrons. The highest BCUT2D eigenvalue weighted by molar-refractivity contribution is 5.78. The quantitative estimate of drug-likeness (QED) is 0.825. The summed E-state index contributed by atoms with van der Waals surface area (Å²) in [6.45, 7) is 4.29. The van der Waals surface area contributed by atoms with E-state index in [4.69, 9.17) is 4.74 Å². The molecule has 1 aliphatic rings. The van der Waals surface area contributed by atoms with E-state index in [0.29, 0.717) is 6.54 Å². The number of hydrogen-bond donors (Lipinski definition) is 1. The molecule has 2 rings (SSSR count). The molecule has 1 aliphatic heterocycles. The van der Waals surface area contributed by atoms with Gasteiger partial charge in [0.05, 0.1) is 13.0 Å². The summed E-state index contributed by atoms with van der Waals surface area (Å²) in [5.74, 6) is -0.927. The Morgan fingerprint density at radius 1 is 1.37 bits per heavy atom. The Bertz CT molecular complexity index is 416. The monoisotopic (exact) mass is 266 g/mol. The number of benzene rings is 1. The van der Waals surface area contributed by atoms with E-state index < -0.39 is 0 Å². The Balaban J connectivity index is 2.10. The van der Waals surface area contributed by atoms with Gasteiger partial charge in [-0.1, -0.05) is 12.1 Å². The van der Waals surface area contributed by atoms with Crippen LogP contribution < -0.4 is 5.32 Å². The number of halogens is 1. The third kappa shape index (κ3) is 3.75. The summed E-state index contributed by atoms with van der Waals surface area (Å²) in [7, 11) is 1.39. The van der Waals surface area contributed by atoms with Crippen LogP contribution in [0.4, 0.5) is 4.39 Å². The second kappa shape index (κ2) is 6.63. The third-order valence-corrected chi connectivity index (χ3v) is 3.41. The highest BCUT2D eigenvalue weighted by Crippen LogP contribution is 2.19. The van der Waals surface area contributed by atoms with Crippen molar-refractivity contribution in [1.29, 1.82) is 0 Å². The molecule has 0 saturated carbocycles. The number of nitrogens with zero attached hydrogens (tertiary/aromatic N) is 1. The van der Waals surface area contributed by atoms with E-state index in [1.54, 1.807) is 12.1 Å². The van der Waals surface area contributed by atoms with Gasteiger partial charge in [0.25, 0.3) is 0 Å².